The van der Waals surface area contributed by atoms with Crippen molar-refractivity contribution in [2.75, 3.05) is 5.73 Å². The van der Waals surface area contributed by atoms with E-state index < -0.39 is 0 Å². The van der Waals surface area contributed by atoms with Crippen molar-refractivity contribution in [1.29, 1.82) is 0 Å². The molecule has 96 valence electrons. The quantitative estimate of drug-likeness (QED) is 0.728. The zero-order valence-electron chi connectivity index (χ0n) is 10.5. The molecule has 2 heterocycles. The minimum Gasteiger partial charge on any atom is -0.399 e. The predicted octanol–water partition coefficient (Wildman–Crippen LogP) is 3.35. The molecular weight excluding hydrogens is 260 g/mol. The second kappa shape index (κ2) is 4.55. The zero-order chi connectivity index (χ0) is 13.4. The van der Waals surface area contributed by atoms with Crippen LogP contribution < -0.4 is 5.73 Å². The van der Waals surface area contributed by atoms with E-state index in [2.05, 4.69) is 21.5 Å². The molecule has 2 aromatic heterocycles. The Labute approximate surface area is 115 Å². The summed E-state index contributed by atoms with van der Waals surface area (Å²) in [7, 11) is 0. The molecule has 4 nitrogen and oxygen atoms in total. The molecule has 3 aromatic rings. The van der Waals surface area contributed by atoms with Crippen LogP contribution in [0.3, 0.4) is 0 Å². The number of aromatic nitrogens is 3. The Hall–Kier alpha value is -2.07. The van der Waals surface area contributed by atoms with Gasteiger partial charge in [-0.05, 0) is 31.2 Å². The monoisotopic (exact) mass is 272 g/mol. The Kier molecular flexibility index (Phi) is 2.87. The summed E-state index contributed by atoms with van der Waals surface area (Å²) in [4.78, 5) is 8.72. The van der Waals surface area contributed by atoms with Crippen LogP contribution in [0.25, 0.3) is 22.4 Å². The number of nitrogens with two attached hydrogens (primary N) is 1. The fourth-order valence-corrected chi connectivity index (χ4v) is 2.49. The first-order chi connectivity index (χ1) is 9.20. The van der Waals surface area contributed by atoms with Gasteiger partial charge in [-0.1, -0.05) is 11.6 Å². The van der Waals surface area contributed by atoms with Crippen molar-refractivity contribution in [3.8, 4) is 11.4 Å². The number of pyridine rings is 1. The molecule has 0 amide bonds. The number of rotatable bonds is 2. The number of hydrogen-bond donors (Lipinski definition) is 1. The van der Waals surface area contributed by atoms with Crippen molar-refractivity contribution in [1.82, 2.24) is 14.5 Å². The SMILES string of the molecule is CCn1c(-c2ccc(N)cc2Cl)nc2cnccc21. The predicted molar refractivity (Wildman–Crippen MR) is 78.1 cm³/mol. The lowest BCUT2D eigenvalue weighted by molar-refractivity contribution is 0.796. The first kappa shape index (κ1) is 12.0. The lowest BCUT2D eigenvalue weighted by atomic mass is 10.2. The number of imidazole rings is 1. The molecule has 0 bridgehead atoms. The summed E-state index contributed by atoms with van der Waals surface area (Å²) in [5, 5.41) is 0.609. The van der Waals surface area contributed by atoms with Gasteiger partial charge in [0.15, 0.2) is 0 Å². The average molecular weight is 273 g/mol. The van der Waals surface area contributed by atoms with E-state index in [9.17, 15) is 0 Å². The van der Waals surface area contributed by atoms with E-state index in [1.807, 2.05) is 18.2 Å². The molecule has 2 N–H and O–H groups in total. The topological polar surface area (TPSA) is 56.7 Å². The van der Waals surface area contributed by atoms with E-state index in [1.54, 1.807) is 18.5 Å². The number of fused-ring (bicyclic) bond motifs is 1. The molecule has 0 aliphatic rings. The van der Waals surface area contributed by atoms with E-state index in [0.29, 0.717) is 10.7 Å². The van der Waals surface area contributed by atoms with Crippen LogP contribution in [-0.4, -0.2) is 14.5 Å². The number of anilines is 1. The van der Waals surface area contributed by atoms with Crippen LogP contribution in [0.1, 0.15) is 6.92 Å². The van der Waals surface area contributed by atoms with Gasteiger partial charge in [0.1, 0.15) is 11.3 Å². The number of nitrogens with zero attached hydrogens (tertiary/aromatic N) is 3. The zero-order valence-corrected chi connectivity index (χ0v) is 11.2. The van der Waals surface area contributed by atoms with E-state index in [-0.39, 0.29) is 0 Å². The van der Waals surface area contributed by atoms with E-state index in [1.165, 1.54) is 0 Å². The summed E-state index contributed by atoms with van der Waals surface area (Å²) >= 11 is 6.27. The molecule has 0 aliphatic carbocycles. The maximum absolute atomic E-state index is 6.27. The maximum Gasteiger partial charge on any atom is 0.142 e. The molecule has 0 fully saturated rings. The summed E-state index contributed by atoms with van der Waals surface area (Å²) in [6, 6.07) is 7.44. The second-order valence-electron chi connectivity index (χ2n) is 4.28. The van der Waals surface area contributed by atoms with E-state index >= 15 is 0 Å². The van der Waals surface area contributed by atoms with Gasteiger partial charge in [0.2, 0.25) is 0 Å². The highest BCUT2D eigenvalue weighted by Gasteiger charge is 2.14. The molecule has 0 aliphatic heterocycles. The highest BCUT2D eigenvalue weighted by atomic mass is 35.5. The Bertz CT molecular complexity index is 748. The molecular formula is C14H13ClN4. The molecule has 3 rings (SSSR count). The molecule has 1 aromatic carbocycles. The average Bonchev–Trinajstić information content (AvgIpc) is 2.76. The third-order valence-corrected chi connectivity index (χ3v) is 3.41. The first-order valence-electron chi connectivity index (χ1n) is 6.06. The lowest BCUT2D eigenvalue weighted by Gasteiger charge is -2.08. The van der Waals surface area contributed by atoms with Crippen molar-refractivity contribution in [2.45, 2.75) is 13.5 Å². The highest BCUT2D eigenvalue weighted by Crippen LogP contribution is 2.31. The normalized spacial score (nSPS) is 11.1. The van der Waals surface area contributed by atoms with Crippen molar-refractivity contribution in [3.05, 3.63) is 41.7 Å². The summed E-state index contributed by atoms with van der Waals surface area (Å²) in [5.74, 6) is 0.843. The standard InChI is InChI=1S/C14H13ClN4/c1-2-19-13-5-6-17-8-12(13)18-14(19)10-4-3-9(16)7-11(10)15/h3-8H,2,16H2,1H3. The molecule has 19 heavy (non-hydrogen) atoms. The highest BCUT2D eigenvalue weighted by molar-refractivity contribution is 6.33. The van der Waals surface area contributed by atoms with Crippen molar-refractivity contribution >= 4 is 28.3 Å². The van der Waals surface area contributed by atoms with Gasteiger partial charge in [-0.25, -0.2) is 4.98 Å². The Morgan fingerprint density at radius 1 is 1.32 bits per heavy atom. The van der Waals surface area contributed by atoms with Gasteiger partial charge in [-0.2, -0.15) is 0 Å². The third kappa shape index (κ3) is 1.94. The van der Waals surface area contributed by atoms with Gasteiger partial charge in [-0.15, -0.1) is 0 Å². The summed E-state index contributed by atoms with van der Waals surface area (Å²) in [6.07, 6.45) is 3.53. The van der Waals surface area contributed by atoms with Crippen LogP contribution in [-0.2, 0) is 6.54 Å². The van der Waals surface area contributed by atoms with Crippen molar-refractivity contribution in [3.63, 3.8) is 0 Å². The number of aryl methyl sites for hydroxylation is 1. The Balaban J connectivity index is 2.30. The van der Waals surface area contributed by atoms with Gasteiger partial charge >= 0.3 is 0 Å². The molecule has 0 atom stereocenters. The molecule has 0 saturated carbocycles. The molecule has 0 saturated heterocycles. The number of nitrogen functional groups attached to an aromatic ring is 1. The first-order valence-corrected chi connectivity index (χ1v) is 6.44. The van der Waals surface area contributed by atoms with Crippen LogP contribution in [0.5, 0.6) is 0 Å². The summed E-state index contributed by atoms with van der Waals surface area (Å²) in [6.45, 7) is 2.90. The number of halogens is 1. The molecule has 0 radical (unpaired) electrons. The molecule has 0 spiro atoms. The molecule has 5 heteroatoms. The Morgan fingerprint density at radius 2 is 2.16 bits per heavy atom. The van der Waals surface area contributed by atoms with Gasteiger partial charge < -0.3 is 10.3 Å². The lowest BCUT2D eigenvalue weighted by Crippen LogP contribution is -1.98. The van der Waals surface area contributed by atoms with Gasteiger partial charge in [-0.3, -0.25) is 4.98 Å². The maximum atomic E-state index is 6.27. The van der Waals surface area contributed by atoms with E-state index in [4.69, 9.17) is 17.3 Å². The van der Waals surface area contributed by atoms with Crippen LogP contribution >= 0.6 is 11.6 Å². The van der Waals surface area contributed by atoms with Crippen LogP contribution in [0.4, 0.5) is 5.69 Å². The van der Waals surface area contributed by atoms with Crippen LogP contribution in [0.2, 0.25) is 5.02 Å². The fourth-order valence-electron chi connectivity index (χ4n) is 2.22. The molecule has 0 unspecified atom stereocenters. The van der Waals surface area contributed by atoms with Gasteiger partial charge in [0.05, 0.1) is 16.7 Å². The smallest absolute Gasteiger partial charge is 0.142 e. The minimum absolute atomic E-state index is 0.609. The van der Waals surface area contributed by atoms with Gasteiger partial charge in [0, 0.05) is 24.0 Å². The third-order valence-electron chi connectivity index (χ3n) is 3.10. The van der Waals surface area contributed by atoms with Crippen molar-refractivity contribution in [2.24, 2.45) is 0 Å². The fraction of sp³-hybridized carbons (Fsp3) is 0.143. The second-order valence-corrected chi connectivity index (χ2v) is 4.69. The minimum atomic E-state index is 0.609. The summed E-state index contributed by atoms with van der Waals surface area (Å²) < 4.78 is 2.12. The largest absolute Gasteiger partial charge is 0.399 e. The number of hydrogen-bond acceptors (Lipinski definition) is 3. The van der Waals surface area contributed by atoms with Crippen LogP contribution in [0, 0.1) is 0 Å². The van der Waals surface area contributed by atoms with Crippen LogP contribution in [0.15, 0.2) is 36.7 Å². The number of benzene rings is 1. The van der Waals surface area contributed by atoms with Gasteiger partial charge in [0.25, 0.3) is 0 Å². The Morgan fingerprint density at radius 3 is 2.89 bits per heavy atom. The summed E-state index contributed by atoms with van der Waals surface area (Å²) in [5.41, 5.74) is 9.18. The van der Waals surface area contributed by atoms with E-state index in [0.717, 1.165) is 29.0 Å². The van der Waals surface area contributed by atoms with Crippen molar-refractivity contribution < 1.29 is 0 Å².